The third kappa shape index (κ3) is 4.45. The highest BCUT2D eigenvalue weighted by atomic mass is 32.1. The molecule has 0 bridgehead atoms. The summed E-state index contributed by atoms with van der Waals surface area (Å²) in [5.41, 5.74) is 1.34. The molecule has 0 N–H and O–H groups in total. The Morgan fingerprint density at radius 3 is 1.94 bits per heavy atom. The molecule has 1 aliphatic rings. The van der Waals surface area contributed by atoms with Crippen LogP contribution in [0.4, 0.5) is 5.69 Å². The van der Waals surface area contributed by atoms with Gasteiger partial charge in [0.2, 0.25) is 0 Å². The van der Waals surface area contributed by atoms with Gasteiger partial charge in [0.05, 0.1) is 21.7 Å². The van der Waals surface area contributed by atoms with Gasteiger partial charge in [-0.1, -0.05) is 47.6 Å². The monoisotopic (exact) mass is 443 g/mol. The molecule has 7 heteroatoms. The third-order valence-electron chi connectivity index (χ3n) is 6.34. The summed E-state index contributed by atoms with van der Waals surface area (Å²) in [6.45, 7) is 20.6. The molecule has 5 nitrogen and oxygen atoms in total. The predicted molar refractivity (Wildman–Crippen MR) is 130 cm³/mol. The minimum Gasteiger partial charge on any atom is -0.399 e. The molecule has 0 aliphatic carbocycles. The highest BCUT2D eigenvalue weighted by molar-refractivity contribution is 7.25. The Kier molecular flexibility index (Phi) is 5.74. The van der Waals surface area contributed by atoms with Crippen LogP contribution in [-0.2, 0) is 20.1 Å². The van der Waals surface area contributed by atoms with Crippen molar-refractivity contribution in [1.29, 1.82) is 0 Å². The molecule has 0 spiro atoms. The van der Waals surface area contributed by atoms with Gasteiger partial charge >= 0.3 is 7.12 Å². The SMILES string of the molecule is CC(C)(C)c1cc(-c2ccc(B3OC(C)(C)C(C)(C)O3)s2)c([N+](=O)[O-])c(C(C)(C)C)c1. The van der Waals surface area contributed by atoms with Gasteiger partial charge in [-0.3, -0.25) is 10.1 Å². The Labute approximate surface area is 190 Å². The van der Waals surface area contributed by atoms with Crippen molar-refractivity contribution in [2.75, 3.05) is 0 Å². The Balaban J connectivity index is 2.16. The molecule has 1 saturated heterocycles. The molecule has 0 atom stereocenters. The largest absolute Gasteiger partial charge is 0.505 e. The van der Waals surface area contributed by atoms with E-state index < -0.39 is 18.3 Å². The highest BCUT2D eigenvalue weighted by Gasteiger charge is 2.52. The van der Waals surface area contributed by atoms with Gasteiger partial charge in [0.15, 0.2) is 0 Å². The van der Waals surface area contributed by atoms with Crippen LogP contribution in [0.1, 0.15) is 80.4 Å². The molecule has 1 aliphatic heterocycles. The highest BCUT2D eigenvalue weighted by Crippen LogP contribution is 2.44. The lowest BCUT2D eigenvalue weighted by atomic mass is 9.78. The second-order valence-electron chi connectivity index (χ2n) is 11.5. The average molecular weight is 443 g/mol. The molecule has 3 rings (SSSR count). The molecule has 168 valence electrons. The Hall–Kier alpha value is -1.70. The van der Waals surface area contributed by atoms with Crippen LogP contribution in [0.5, 0.6) is 0 Å². The van der Waals surface area contributed by atoms with Crippen molar-refractivity contribution in [3.8, 4) is 10.4 Å². The van der Waals surface area contributed by atoms with Gasteiger partial charge in [0.1, 0.15) is 0 Å². The predicted octanol–water partition coefficient (Wildman–Crippen LogP) is 6.22. The lowest BCUT2D eigenvalue weighted by molar-refractivity contribution is -0.385. The maximum atomic E-state index is 12.2. The fraction of sp³-hybridized carbons (Fsp3) is 0.583. The number of rotatable bonds is 3. The summed E-state index contributed by atoms with van der Waals surface area (Å²) in [6, 6.07) is 7.90. The molecule has 31 heavy (non-hydrogen) atoms. The maximum Gasteiger partial charge on any atom is 0.505 e. The number of benzene rings is 1. The number of nitrogens with zero attached hydrogens (tertiary/aromatic N) is 1. The molecule has 2 aromatic rings. The molecule has 2 heterocycles. The Morgan fingerprint density at radius 2 is 1.48 bits per heavy atom. The fourth-order valence-electron chi connectivity index (χ4n) is 3.61. The van der Waals surface area contributed by atoms with E-state index >= 15 is 0 Å². The number of nitro groups is 1. The van der Waals surface area contributed by atoms with Crippen LogP contribution in [0.2, 0.25) is 0 Å². The van der Waals surface area contributed by atoms with E-state index in [0.29, 0.717) is 5.56 Å². The lowest BCUT2D eigenvalue weighted by Crippen LogP contribution is -2.41. The van der Waals surface area contributed by atoms with Gasteiger partial charge in [-0.2, -0.15) is 0 Å². The first-order chi connectivity index (χ1) is 13.9. The first-order valence-corrected chi connectivity index (χ1v) is 11.5. The second-order valence-corrected chi connectivity index (χ2v) is 12.6. The van der Waals surface area contributed by atoms with Crippen molar-refractivity contribution in [2.24, 2.45) is 0 Å². The standard InChI is InChI=1S/C24H34BNO4S/c1-21(2,3)15-13-16(20(26(27)28)17(14-15)22(4,5)6)18-11-12-19(31-18)25-29-23(7,8)24(9,10)30-25/h11-14H,1-10H3. The first-order valence-electron chi connectivity index (χ1n) is 10.7. The van der Waals surface area contributed by atoms with Crippen molar-refractivity contribution in [3.05, 3.63) is 45.5 Å². The van der Waals surface area contributed by atoms with E-state index in [1.54, 1.807) is 0 Å². The summed E-state index contributed by atoms with van der Waals surface area (Å²) in [5, 5.41) is 12.2. The molecule has 0 amide bonds. The molecule has 1 aromatic heterocycles. The zero-order chi connectivity index (χ0) is 23.6. The number of hydrogen-bond acceptors (Lipinski definition) is 5. The second kappa shape index (κ2) is 7.43. The molecule has 1 fully saturated rings. The fourth-order valence-corrected chi connectivity index (χ4v) is 4.59. The van der Waals surface area contributed by atoms with Crippen LogP contribution in [-0.4, -0.2) is 23.2 Å². The molecule has 1 aromatic carbocycles. The van der Waals surface area contributed by atoms with Crippen LogP contribution in [0.15, 0.2) is 24.3 Å². The quantitative estimate of drug-likeness (QED) is 0.321. The van der Waals surface area contributed by atoms with Crippen LogP contribution < -0.4 is 4.78 Å². The van der Waals surface area contributed by atoms with Crippen molar-refractivity contribution in [2.45, 2.75) is 91.3 Å². The number of hydrogen-bond donors (Lipinski definition) is 0. The molecular weight excluding hydrogens is 409 g/mol. The van der Waals surface area contributed by atoms with E-state index in [-0.39, 0.29) is 21.4 Å². The number of nitro benzene ring substituents is 1. The number of thiophene rings is 1. The van der Waals surface area contributed by atoms with E-state index in [2.05, 4.69) is 20.8 Å². The van der Waals surface area contributed by atoms with Crippen molar-refractivity contribution < 1.29 is 14.2 Å². The van der Waals surface area contributed by atoms with Crippen LogP contribution in [0, 0.1) is 10.1 Å². The summed E-state index contributed by atoms with van der Waals surface area (Å²) in [7, 11) is -0.476. The minimum absolute atomic E-state index is 0.129. The summed E-state index contributed by atoms with van der Waals surface area (Å²) < 4.78 is 13.3. The topological polar surface area (TPSA) is 61.6 Å². The summed E-state index contributed by atoms with van der Waals surface area (Å²) in [4.78, 5) is 12.8. The molecule has 0 radical (unpaired) electrons. The first kappa shape index (κ1) is 24.0. The zero-order valence-electron chi connectivity index (χ0n) is 20.4. The third-order valence-corrected chi connectivity index (χ3v) is 7.48. The van der Waals surface area contributed by atoms with E-state index in [1.807, 2.05) is 72.7 Å². The molecule has 0 unspecified atom stereocenters. The van der Waals surface area contributed by atoms with Gasteiger partial charge in [0.25, 0.3) is 5.69 Å². The van der Waals surface area contributed by atoms with E-state index in [4.69, 9.17) is 9.31 Å². The van der Waals surface area contributed by atoms with Gasteiger partial charge in [-0.05, 0) is 62.3 Å². The van der Waals surface area contributed by atoms with Gasteiger partial charge in [0, 0.05) is 15.2 Å². The van der Waals surface area contributed by atoms with Crippen molar-refractivity contribution >= 4 is 28.9 Å². The van der Waals surface area contributed by atoms with Crippen LogP contribution >= 0.6 is 11.3 Å². The van der Waals surface area contributed by atoms with Gasteiger partial charge in [-0.25, -0.2) is 0 Å². The van der Waals surface area contributed by atoms with Crippen molar-refractivity contribution in [1.82, 2.24) is 0 Å². The molecule has 0 saturated carbocycles. The minimum atomic E-state index is -0.476. The summed E-state index contributed by atoms with van der Waals surface area (Å²) in [5.74, 6) is 0. The zero-order valence-corrected chi connectivity index (χ0v) is 21.2. The normalized spacial score (nSPS) is 18.5. The van der Waals surface area contributed by atoms with Crippen LogP contribution in [0.25, 0.3) is 10.4 Å². The van der Waals surface area contributed by atoms with Gasteiger partial charge in [-0.15, -0.1) is 11.3 Å². The Bertz CT molecular complexity index is 996. The maximum absolute atomic E-state index is 12.2. The van der Waals surface area contributed by atoms with Gasteiger partial charge < -0.3 is 9.31 Å². The van der Waals surface area contributed by atoms with Crippen molar-refractivity contribution in [3.63, 3.8) is 0 Å². The smallest absolute Gasteiger partial charge is 0.399 e. The van der Waals surface area contributed by atoms with E-state index in [0.717, 1.165) is 20.8 Å². The average Bonchev–Trinajstić information content (AvgIpc) is 3.15. The molecular formula is C24H34BNO4S. The Morgan fingerprint density at radius 1 is 0.935 bits per heavy atom. The summed E-state index contributed by atoms with van der Waals surface area (Å²) >= 11 is 1.50. The summed E-state index contributed by atoms with van der Waals surface area (Å²) in [6.07, 6.45) is 0. The lowest BCUT2D eigenvalue weighted by Gasteiger charge is -2.32. The van der Waals surface area contributed by atoms with E-state index in [9.17, 15) is 10.1 Å². The van der Waals surface area contributed by atoms with Crippen LogP contribution in [0.3, 0.4) is 0 Å². The van der Waals surface area contributed by atoms with E-state index in [1.165, 1.54) is 11.3 Å².